The van der Waals surface area contributed by atoms with Crippen molar-refractivity contribution in [2.24, 2.45) is 11.1 Å². The minimum absolute atomic E-state index is 0.0717. The molecule has 4 N–H and O–H groups in total. The number of amides is 1. The van der Waals surface area contributed by atoms with E-state index < -0.39 is 12.0 Å². The number of Topliss-reactive ketones (excluding diaryl/α,β-unsaturated/α-hetero) is 1. The molecule has 2 atom stereocenters. The fourth-order valence-electron chi connectivity index (χ4n) is 4.53. The van der Waals surface area contributed by atoms with E-state index >= 15 is 0 Å². The molecule has 0 bridgehead atoms. The molecule has 2 heterocycles. The lowest BCUT2D eigenvalue weighted by molar-refractivity contribution is 0.0909. The summed E-state index contributed by atoms with van der Waals surface area (Å²) in [4.78, 5) is 33.5. The number of carbonyl (C=O) groups is 2. The number of nitrogens with zero attached hydrogens (tertiary/aromatic N) is 4. The Morgan fingerprint density at radius 1 is 1.30 bits per heavy atom. The average Bonchev–Trinajstić information content (AvgIpc) is 2.98. The summed E-state index contributed by atoms with van der Waals surface area (Å²) in [7, 11) is 0. The van der Waals surface area contributed by atoms with Gasteiger partial charge in [-0.25, -0.2) is 9.67 Å². The number of aromatic nitrogens is 4. The average molecular weight is 412 g/mol. The van der Waals surface area contributed by atoms with E-state index in [2.05, 4.69) is 34.2 Å². The van der Waals surface area contributed by atoms with Gasteiger partial charge in [0.15, 0.2) is 5.78 Å². The van der Waals surface area contributed by atoms with Crippen molar-refractivity contribution in [3.8, 4) is 5.95 Å². The van der Waals surface area contributed by atoms with E-state index in [1.54, 1.807) is 11.6 Å². The van der Waals surface area contributed by atoms with Gasteiger partial charge in [0.05, 0.1) is 34.7 Å². The van der Waals surface area contributed by atoms with Crippen molar-refractivity contribution in [1.29, 1.82) is 0 Å². The van der Waals surface area contributed by atoms with Gasteiger partial charge in [-0.15, -0.1) is 0 Å². The van der Waals surface area contributed by atoms with E-state index in [1.165, 1.54) is 6.20 Å². The van der Waals surface area contributed by atoms with Crippen LogP contribution < -0.4 is 11.1 Å². The fourth-order valence-corrected chi connectivity index (χ4v) is 4.53. The minimum Gasteiger partial charge on any atom is -0.391 e. The Bertz CT molecular complexity index is 1010. The Morgan fingerprint density at radius 3 is 2.73 bits per heavy atom. The van der Waals surface area contributed by atoms with Crippen LogP contribution in [0.4, 0.5) is 5.82 Å². The zero-order valence-electron chi connectivity index (χ0n) is 17.6. The molecular weight excluding hydrogens is 384 g/mol. The number of fused-ring (bicyclic) bond motifs is 1. The quantitative estimate of drug-likeness (QED) is 0.698. The molecule has 1 fully saturated rings. The van der Waals surface area contributed by atoms with Crippen LogP contribution in [0.3, 0.4) is 0 Å². The Morgan fingerprint density at radius 2 is 2.03 bits per heavy atom. The molecule has 9 heteroatoms. The number of aliphatic hydroxyl groups is 1. The number of carbonyl (C=O) groups excluding carboxylic acids is 2. The number of primary amides is 1. The van der Waals surface area contributed by atoms with Gasteiger partial charge in [-0.2, -0.15) is 10.1 Å². The molecule has 0 spiro atoms. The zero-order chi connectivity index (χ0) is 21.6. The van der Waals surface area contributed by atoms with Gasteiger partial charge in [0.25, 0.3) is 11.9 Å². The number of ketones is 1. The van der Waals surface area contributed by atoms with E-state index in [0.29, 0.717) is 30.5 Å². The number of hydrogen-bond donors (Lipinski definition) is 3. The lowest BCUT2D eigenvalue weighted by Crippen LogP contribution is -2.37. The van der Waals surface area contributed by atoms with Crippen LogP contribution in [-0.2, 0) is 6.42 Å². The Hall–Kier alpha value is -2.81. The second-order valence-electron chi connectivity index (χ2n) is 9.16. The third-order valence-electron chi connectivity index (χ3n) is 6.00. The number of anilines is 1. The Labute approximate surface area is 175 Å². The second-order valence-corrected chi connectivity index (χ2v) is 9.16. The summed E-state index contributed by atoms with van der Waals surface area (Å²) in [6.45, 7) is 5.91. The predicted molar refractivity (Wildman–Crippen MR) is 111 cm³/mol. The van der Waals surface area contributed by atoms with Gasteiger partial charge in [-0.1, -0.05) is 26.7 Å². The fraction of sp³-hybridized carbons (Fsp3) is 0.571. The standard InChI is InChI=1S/C21H28N6O3/c1-11-17-14(8-21(2,3)9-16(17)29)27(26-11)20-23-10-12(18(22)30)19(25-20)24-13-6-4-5-7-15(13)28/h10,13,15,28H,4-9H2,1-3H3,(H2,22,30)(H,23,24,25). The molecule has 160 valence electrons. The molecule has 2 aromatic heterocycles. The van der Waals surface area contributed by atoms with Crippen LogP contribution >= 0.6 is 0 Å². The first-order valence-corrected chi connectivity index (χ1v) is 10.4. The SMILES string of the molecule is Cc1nn(-c2ncc(C(N)=O)c(NC3CCCCC3O)n2)c2c1C(=O)CC(C)(C)C2. The number of nitrogens with one attached hydrogen (secondary N) is 1. The van der Waals surface area contributed by atoms with Gasteiger partial charge in [0, 0.05) is 12.6 Å². The largest absolute Gasteiger partial charge is 0.391 e. The normalized spacial score (nSPS) is 23.1. The van der Waals surface area contributed by atoms with Crippen LogP contribution in [0.15, 0.2) is 6.20 Å². The van der Waals surface area contributed by atoms with Crippen molar-refractivity contribution in [1.82, 2.24) is 19.7 Å². The Balaban J connectivity index is 1.77. The molecule has 1 amide bonds. The van der Waals surface area contributed by atoms with Gasteiger partial charge >= 0.3 is 0 Å². The maximum Gasteiger partial charge on any atom is 0.254 e. The molecule has 30 heavy (non-hydrogen) atoms. The number of aryl methyl sites for hydroxylation is 1. The highest BCUT2D eigenvalue weighted by Gasteiger charge is 2.36. The monoisotopic (exact) mass is 412 g/mol. The van der Waals surface area contributed by atoms with Gasteiger partial charge in [-0.3, -0.25) is 9.59 Å². The number of hydrogen-bond acceptors (Lipinski definition) is 7. The maximum atomic E-state index is 12.7. The molecule has 2 unspecified atom stereocenters. The van der Waals surface area contributed by atoms with Gasteiger partial charge in [-0.05, 0) is 31.6 Å². The van der Waals surface area contributed by atoms with Crippen molar-refractivity contribution in [2.45, 2.75) is 71.4 Å². The van der Waals surface area contributed by atoms with Crippen molar-refractivity contribution in [3.63, 3.8) is 0 Å². The second kappa shape index (κ2) is 7.46. The van der Waals surface area contributed by atoms with E-state index in [9.17, 15) is 14.7 Å². The molecule has 2 aromatic rings. The minimum atomic E-state index is -0.649. The number of nitrogens with two attached hydrogens (primary N) is 1. The summed E-state index contributed by atoms with van der Waals surface area (Å²) in [5, 5.41) is 18.0. The lowest BCUT2D eigenvalue weighted by Gasteiger charge is -2.29. The molecule has 4 rings (SSSR count). The van der Waals surface area contributed by atoms with Crippen LogP contribution in [-0.4, -0.2) is 48.7 Å². The molecular formula is C21H28N6O3. The molecule has 0 radical (unpaired) electrons. The first-order chi connectivity index (χ1) is 14.2. The van der Waals surface area contributed by atoms with Crippen molar-refractivity contribution < 1.29 is 14.7 Å². The molecule has 9 nitrogen and oxygen atoms in total. The third-order valence-corrected chi connectivity index (χ3v) is 6.00. The summed E-state index contributed by atoms with van der Waals surface area (Å²) in [6, 6.07) is -0.214. The summed E-state index contributed by atoms with van der Waals surface area (Å²) >= 11 is 0. The van der Waals surface area contributed by atoms with Gasteiger partial charge in [0.1, 0.15) is 5.82 Å². The van der Waals surface area contributed by atoms with E-state index in [1.807, 2.05) is 0 Å². The van der Waals surface area contributed by atoms with Crippen LogP contribution in [0.5, 0.6) is 0 Å². The van der Waals surface area contributed by atoms with Crippen molar-refractivity contribution in [3.05, 3.63) is 28.7 Å². The van der Waals surface area contributed by atoms with Crippen LogP contribution in [0.25, 0.3) is 5.95 Å². The van der Waals surface area contributed by atoms with Gasteiger partial charge < -0.3 is 16.2 Å². The van der Waals surface area contributed by atoms with Crippen molar-refractivity contribution >= 4 is 17.5 Å². The van der Waals surface area contributed by atoms with Crippen LogP contribution in [0.2, 0.25) is 0 Å². The summed E-state index contributed by atoms with van der Waals surface area (Å²) in [5.74, 6) is -0.0313. The number of rotatable bonds is 4. The molecule has 2 aliphatic carbocycles. The first-order valence-electron chi connectivity index (χ1n) is 10.4. The zero-order valence-corrected chi connectivity index (χ0v) is 17.6. The smallest absolute Gasteiger partial charge is 0.254 e. The van der Waals surface area contributed by atoms with Crippen LogP contribution in [0.1, 0.15) is 78.1 Å². The summed E-state index contributed by atoms with van der Waals surface area (Å²) < 4.78 is 1.59. The van der Waals surface area contributed by atoms with E-state index in [4.69, 9.17) is 5.73 Å². The van der Waals surface area contributed by atoms with Gasteiger partial charge in [0.2, 0.25) is 0 Å². The maximum absolute atomic E-state index is 12.7. The highest BCUT2D eigenvalue weighted by atomic mass is 16.3. The molecule has 0 aliphatic heterocycles. The third kappa shape index (κ3) is 3.69. The van der Waals surface area contributed by atoms with Crippen LogP contribution in [0, 0.1) is 12.3 Å². The van der Waals surface area contributed by atoms with E-state index in [-0.39, 0.29) is 34.6 Å². The predicted octanol–water partition coefficient (Wildman–Crippen LogP) is 1.94. The Kier molecular flexibility index (Phi) is 5.09. The number of aliphatic hydroxyl groups excluding tert-OH is 1. The van der Waals surface area contributed by atoms with Crippen molar-refractivity contribution in [2.75, 3.05) is 5.32 Å². The summed E-state index contributed by atoms with van der Waals surface area (Å²) in [6.07, 6.45) is 5.43. The van der Waals surface area contributed by atoms with E-state index in [0.717, 1.165) is 25.0 Å². The molecule has 0 aromatic carbocycles. The highest BCUT2D eigenvalue weighted by molar-refractivity contribution is 6.00. The molecule has 1 saturated carbocycles. The lowest BCUT2D eigenvalue weighted by atomic mass is 9.75. The summed E-state index contributed by atoms with van der Waals surface area (Å²) in [5.41, 5.74) is 7.55. The first kappa shape index (κ1) is 20.5. The highest BCUT2D eigenvalue weighted by Crippen LogP contribution is 2.36. The molecule has 2 aliphatic rings. The topological polar surface area (TPSA) is 136 Å². The molecule has 0 saturated heterocycles.